The summed E-state index contributed by atoms with van der Waals surface area (Å²) in [6.45, 7) is 3.47. The van der Waals surface area contributed by atoms with Crippen molar-refractivity contribution >= 4 is 0 Å². The second-order valence-electron chi connectivity index (χ2n) is 5.16. The van der Waals surface area contributed by atoms with Crippen molar-refractivity contribution in [3.63, 3.8) is 0 Å². The molecule has 1 aromatic rings. The Kier molecular flexibility index (Phi) is 2.98. The van der Waals surface area contributed by atoms with Crippen molar-refractivity contribution in [1.29, 1.82) is 0 Å². The SMILES string of the molecule is CCCN1C2C=CC(CC2)C1c1cccnc1. The van der Waals surface area contributed by atoms with Crippen molar-refractivity contribution in [2.24, 2.45) is 5.92 Å². The van der Waals surface area contributed by atoms with Gasteiger partial charge in [0.2, 0.25) is 0 Å². The zero-order chi connectivity index (χ0) is 11.7. The Morgan fingerprint density at radius 1 is 1.35 bits per heavy atom. The van der Waals surface area contributed by atoms with Crippen LogP contribution in [0.5, 0.6) is 0 Å². The topological polar surface area (TPSA) is 16.1 Å². The van der Waals surface area contributed by atoms with E-state index < -0.39 is 0 Å². The highest BCUT2D eigenvalue weighted by Crippen LogP contribution is 2.43. The molecule has 3 unspecified atom stereocenters. The predicted octanol–water partition coefficient (Wildman–Crippen LogP) is 3.18. The molecule has 2 aliphatic heterocycles. The van der Waals surface area contributed by atoms with E-state index >= 15 is 0 Å². The van der Waals surface area contributed by atoms with Crippen LogP contribution in [0.2, 0.25) is 0 Å². The molecule has 0 radical (unpaired) electrons. The smallest absolute Gasteiger partial charge is 0.0431 e. The van der Waals surface area contributed by atoms with Crippen molar-refractivity contribution in [1.82, 2.24) is 9.88 Å². The fourth-order valence-electron chi connectivity index (χ4n) is 3.37. The lowest BCUT2D eigenvalue weighted by Crippen LogP contribution is -2.47. The summed E-state index contributed by atoms with van der Waals surface area (Å²) in [4.78, 5) is 6.96. The highest BCUT2D eigenvalue weighted by atomic mass is 15.2. The third-order valence-corrected chi connectivity index (χ3v) is 4.07. The highest BCUT2D eigenvalue weighted by molar-refractivity contribution is 5.23. The van der Waals surface area contributed by atoms with E-state index in [0.29, 0.717) is 18.0 Å². The van der Waals surface area contributed by atoms with Crippen LogP contribution in [0.25, 0.3) is 0 Å². The van der Waals surface area contributed by atoms with Crippen LogP contribution in [0.1, 0.15) is 37.8 Å². The minimum absolute atomic E-state index is 0.562. The molecule has 17 heavy (non-hydrogen) atoms. The molecular weight excluding hydrogens is 208 g/mol. The molecule has 1 aromatic heterocycles. The average Bonchev–Trinajstić information content (AvgIpc) is 2.41. The Hall–Kier alpha value is -1.15. The van der Waals surface area contributed by atoms with E-state index in [1.165, 1.54) is 31.4 Å². The summed E-state index contributed by atoms with van der Waals surface area (Å²) >= 11 is 0. The first-order valence-corrected chi connectivity index (χ1v) is 6.74. The Morgan fingerprint density at radius 2 is 2.29 bits per heavy atom. The van der Waals surface area contributed by atoms with Gasteiger partial charge in [-0.05, 0) is 43.4 Å². The quantitative estimate of drug-likeness (QED) is 0.739. The van der Waals surface area contributed by atoms with Crippen molar-refractivity contribution in [2.75, 3.05) is 6.54 Å². The minimum atomic E-state index is 0.562. The zero-order valence-corrected chi connectivity index (χ0v) is 10.4. The van der Waals surface area contributed by atoms with Gasteiger partial charge in [0.15, 0.2) is 0 Å². The molecule has 3 heterocycles. The van der Waals surface area contributed by atoms with E-state index in [1.54, 1.807) is 0 Å². The maximum absolute atomic E-state index is 4.29. The first-order chi connectivity index (χ1) is 8.40. The molecule has 2 bridgehead atoms. The summed E-state index contributed by atoms with van der Waals surface area (Å²) in [5.41, 5.74) is 1.39. The first-order valence-electron chi connectivity index (χ1n) is 6.74. The van der Waals surface area contributed by atoms with Gasteiger partial charge in [0.05, 0.1) is 0 Å². The number of aromatic nitrogens is 1. The lowest BCUT2D eigenvalue weighted by molar-refractivity contribution is 0.0636. The predicted molar refractivity (Wildman–Crippen MR) is 69.6 cm³/mol. The van der Waals surface area contributed by atoms with Crippen molar-refractivity contribution < 1.29 is 0 Å². The fraction of sp³-hybridized carbons (Fsp3) is 0.533. The van der Waals surface area contributed by atoms with Crippen LogP contribution in [-0.2, 0) is 0 Å². The van der Waals surface area contributed by atoms with Gasteiger partial charge in [-0.25, -0.2) is 0 Å². The number of rotatable bonds is 3. The van der Waals surface area contributed by atoms with Gasteiger partial charge in [-0.3, -0.25) is 9.88 Å². The second kappa shape index (κ2) is 4.61. The van der Waals surface area contributed by atoms with E-state index in [-0.39, 0.29) is 0 Å². The monoisotopic (exact) mass is 228 g/mol. The van der Waals surface area contributed by atoms with Gasteiger partial charge in [-0.2, -0.15) is 0 Å². The van der Waals surface area contributed by atoms with Gasteiger partial charge in [-0.1, -0.05) is 25.1 Å². The molecule has 0 N–H and O–H groups in total. The third kappa shape index (κ3) is 1.91. The Balaban J connectivity index is 1.93. The zero-order valence-electron chi connectivity index (χ0n) is 10.4. The Bertz CT molecular complexity index is 399. The van der Waals surface area contributed by atoms with Crippen molar-refractivity contribution in [2.45, 2.75) is 38.3 Å². The van der Waals surface area contributed by atoms with Crippen LogP contribution in [0.4, 0.5) is 0 Å². The Morgan fingerprint density at radius 3 is 2.94 bits per heavy atom. The van der Waals surface area contributed by atoms with Crippen LogP contribution in [-0.4, -0.2) is 22.5 Å². The minimum Gasteiger partial charge on any atom is -0.289 e. The number of fused-ring (bicyclic) bond motifs is 2. The molecule has 0 amide bonds. The maximum Gasteiger partial charge on any atom is 0.0431 e. The van der Waals surface area contributed by atoms with Crippen molar-refractivity contribution in [3.05, 3.63) is 42.2 Å². The molecule has 0 saturated carbocycles. The molecule has 3 aliphatic rings. The maximum atomic E-state index is 4.29. The van der Waals surface area contributed by atoms with E-state index in [1.807, 2.05) is 12.4 Å². The molecule has 3 atom stereocenters. The van der Waals surface area contributed by atoms with E-state index in [4.69, 9.17) is 0 Å². The highest BCUT2D eigenvalue weighted by Gasteiger charge is 2.38. The summed E-state index contributed by atoms with van der Waals surface area (Å²) in [6.07, 6.45) is 12.6. The lowest BCUT2D eigenvalue weighted by atomic mass is 9.77. The number of piperidine rings is 1. The van der Waals surface area contributed by atoms with Crippen LogP contribution in [0.3, 0.4) is 0 Å². The number of hydrogen-bond donors (Lipinski definition) is 0. The summed E-state index contributed by atoms with van der Waals surface area (Å²) in [7, 11) is 0. The van der Waals surface area contributed by atoms with Crippen LogP contribution in [0.15, 0.2) is 36.7 Å². The van der Waals surface area contributed by atoms with Gasteiger partial charge in [0.1, 0.15) is 0 Å². The van der Waals surface area contributed by atoms with E-state index in [2.05, 4.69) is 41.1 Å². The molecule has 0 spiro atoms. The third-order valence-electron chi connectivity index (χ3n) is 4.07. The summed E-state index contributed by atoms with van der Waals surface area (Å²) < 4.78 is 0. The molecule has 1 aliphatic carbocycles. The van der Waals surface area contributed by atoms with Crippen LogP contribution < -0.4 is 0 Å². The number of nitrogens with zero attached hydrogens (tertiary/aromatic N) is 2. The number of hydrogen-bond acceptors (Lipinski definition) is 2. The van der Waals surface area contributed by atoms with Crippen molar-refractivity contribution in [3.8, 4) is 0 Å². The second-order valence-corrected chi connectivity index (χ2v) is 5.16. The molecule has 2 nitrogen and oxygen atoms in total. The molecule has 4 rings (SSSR count). The summed E-state index contributed by atoms with van der Waals surface area (Å²) in [5.74, 6) is 0.691. The van der Waals surface area contributed by atoms with Gasteiger partial charge in [-0.15, -0.1) is 0 Å². The fourth-order valence-corrected chi connectivity index (χ4v) is 3.37. The molecule has 90 valence electrons. The van der Waals surface area contributed by atoms with Crippen LogP contribution in [0, 0.1) is 5.92 Å². The normalized spacial score (nSPS) is 31.9. The Labute approximate surface area is 103 Å². The molecule has 1 saturated heterocycles. The summed E-state index contributed by atoms with van der Waals surface area (Å²) in [6, 6.07) is 5.51. The molecular formula is C15H20N2. The van der Waals surface area contributed by atoms with E-state index in [9.17, 15) is 0 Å². The van der Waals surface area contributed by atoms with E-state index in [0.717, 1.165) is 0 Å². The first kappa shape index (κ1) is 11.0. The largest absolute Gasteiger partial charge is 0.289 e. The molecule has 0 aromatic carbocycles. The lowest BCUT2D eigenvalue weighted by Gasteiger charge is -2.48. The van der Waals surface area contributed by atoms with Crippen LogP contribution >= 0.6 is 0 Å². The molecule has 1 fully saturated rings. The van der Waals surface area contributed by atoms with Gasteiger partial charge in [0.25, 0.3) is 0 Å². The standard InChI is InChI=1S/C15H20N2/c1-2-10-17-14-7-5-12(6-8-14)15(17)13-4-3-9-16-11-13/h3-5,7,9,11-12,14-15H,2,6,8,10H2,1H3. The van der Waals surface area contributed by atoms with Gasteiger partial charge in [0, 0.05) is 24.5 Å². The molecule has 2 heteroatoms. The average molecular weight is 228 g/mol. The summed E-state index contributed by atoms with van der Waals surface area (Å²) in [5, 5.41) is 0. The van der Waals surface area contributed by atoms with Gasteiger partial charge >= 0.3 is 0 Å². The van der Waals surface area contributed by atoms with Gasteiger partial charge < -0.3 is 0 Å². The number of pyridine rings is 1.